The number of sulfonamides is 1. The molecule has 9 heteroatoms. The standard InChI is InChI=1S/C14H21N3O4S.ClH/c1-10-3-4-12(17-22(2,19)20)13(7-10)16-14(18)8-11-9-21-6-5-15-11;/h3-4,7,11,15,17H,5-6,8-9H2,1-2H3,(H,16,18);1H. The molecule has 130 valence electrons. The number of rotatable bonds is 5. The van der Waals surface area contributed by atoms with Crippen LogP contribution in [0.4, 0.5) is 11.4 Å². The van der Waals surface area contributed by atoms with Crippen LogP contribution in [0.15, 0.2) is 18.2 Å². The maximum Gasteiger partial charge on any atom is 0.229 e. The van der Waals surface area contributed by atoms with Gasteiger partial charge in [-0.2, -0.15) is 0 Å². The van der Waals surface area contributed by atoms with Gasteiger partial charge in [0.25, 0.3) is 0 Å². The highest BCUT2D eigenvalue weighted by Crippen LogP contribution is 2.24. The lowest BCUT2D eigenvalue weighted by Crippen LogP contribution is -2.43. The third-order valence-corrected chi connectivity index (χ3v) is 3.77. The third-order valence-electron chi connectivity index (χ3n) is 3.17. The van der Waals surface area contributed by atoms with E-state index in [0.29, 0.717) is 24.6 Å². The van der Waals surface area contributed by atoms with Crippen molar-refractivity contribution in [1.29, 1.82) is 0 Å². The molecule has 0 aliphatic carbocycles. The SMILES string of the molecule is Cc1ccc(NS(C)(=O)=O)c(NC(=O)CC2COCCN2)c1.Cl. The zero-order chi connectivity index (χ0) is 16.2. The smallest absolute Gasteiger partial charge is 0.229 e. The molecule has 23 heavy (non-hydrogen) atoms. The van der Waals surface area contributed by atoms with Gasteiger partial charge in [-0.1, -0.05) is 6.07 Å². The van der Waals surface area contributed by atoms with Gasteiger partial charge in [-0.15, -0.1) is 12.4 Å². The van der Waals surface area contributed by atoms with Crippen LogP contribution in [0.3, 0.4) is 0 Å². The molecule has 1 aromatic rings. The fourth-order valence-electron chi connectivity index (χ4n) is 2.23. The van der Waals surface area contributed by atoms with Crippen LogP contribution in [-0.4, -0.2) is 46.4 Å². The molecule has 1 aliphatic heterocycles. The largest absolute Gasteiger partial charge is 0.378 e. The number of hydrogen-bond acceptors (Lipinski definition) is 5. The van der Waals surface area contributed by atoms with E-state index in [0.717, 1.165) is 18.4 Å². The Morgan fingerprint density at radius 1 is 1.39 bits per heavy atom. The average Bonchev–Trinajstić information content (AvgIpc) is 2.41. The summed E-state index contributed by atoms with van der Waals surface area (Å²) < 4.78 is 30.5. The first-order valence-electron chi connectivity index (χ1n) is 7.03. The monoisotopic (exact) mass is 363 g/mol. The lowest BCUT2D eigenvalue weighted by atomic mass is 10.1. The molecule has 1 heterocycles. The summed E-state index contributed by atoms with van der Waals surface area (Å²) in [7, 11) is -3.41. The van der Waals surface area contributed by atoms with Gasteiger partial charge in [0.1, 0.15) is 0 Å². The predicted molar refractivity (Wildman–Crippen MR) is 92.7 cm³/mol. The Morgan fingerprint density at radius 3 is 2.74 bits per heavy atom. The van der Waals surface area contributed by atoms with Crippen molar-refractivity contribution in [3.63, 3.8) is 0 Å². The van der Waals surface area contributed by atoms with E-state index < -0.39 is 10.0 Å². The van der Waals surface area contributed by atoms with Crippen LogP contribution in [-0.2, 0) is 19.6 Å². The molecule has 3 N–H and O–H groups in total. The number of carbonyl (C=O) groups is 1. The molecular weight excluding hydrogens is 342 g/mol. The van der Waals surface area contributed by atoms with E-state index in [1.54, 1.807) is 18.2 Å². The summed E-state index contributed by atoms with van der Waals surface area (Å²) in [6.07, 6.45) is 1.34. The van der Waals surface area contributed by atoms with E-state index in [-0.39, 0.29) is 30.8 Å². The van der Waals surface area contributed by atoms with Crippen molar-refractivity contribution < 1.29 is 17.9 Å². The van der Waals surface area contributed by atoms with Crippen LogP contribution in [0, 0.1) is 6.92 Å². The highest BCUT2D eigenvalue weighted by molar-refractivity contribution is 7.92. The molecule has 1 aromatic carbocycles. The fraction of sp³-hybridized carbons (Fsp3) is 0.500. The fourth-order valence-corrected chi connectivity index (χ4v) is 2.80. The molecule has 0 saturated carbocycles. The van der Waals surface area contributed by atoms with Crippen molar-refractivity contribution in [2.24, 2.45) is 0 Å². The Labute approximate surface area is 142 Å². The van der Waals surface area contributed by atoms with Gasteiger partial charge in [-0.25, -0.2) is 8.42 Å². The van der Waals surface area contributed by atoms with Gasteiger partial charge >= 0.3 is 0 Å². The van der Waals surface area contributed by atoms with Crippen molar-refractivity contribution in [2.75, 3.05) is 36.1 Å². The molecule has 0 radical (unpaired) electrons. The maximum atomic E-state index is 12.1. The number of ether oxygens (including phenoxy) is 1. The van der Waals surface area contributed by atoms with Crippen LogP contribution in [0.1, 0.15) is 12.0 Å². The zero-order valence-corrected chi connectivity index (χ0v) is 14.7. The summed E-state index contributed by atoms with van der Waals surface area (Å²) in [6, 6.07) is 5.12. The molecule has 1 saturated heterocycles. The van der Waals surface area contributed by atoms with Crippen molar-refractivity contribution in [3.05, 3.63) is 23.8 Å². The Kier molecular flexibility index (Phi) is 7.27. The molecule has 1 atom stereocenters. The summed E-state index contributed by atoms with van der Waals surface area (Å²) in [5, 5.41) is 5.96. The lowest BCUT2D eigenvalue weighted by Gasteiger charge is -2.23. The zero-order valence-electron chi connectivity index (χ0n) is 13.1. The number of carbonyl (C=O) groups excluding carboxylic acids is 1. The normalized spacial score (nSPS) is 17.9. The van der Waals surface area contributed by atoms with Gasteiger partial charge in [0.05, 0.1) is 30.8 Å². The predicted octanol–water partition coefficient (Wildman–Crippen LogP) is 1.11. The van der Waals surface area contributed by atoms with Gasteiger partial charge in [0.15, 0.2) is 0 Å². The Bertz CT molecular complexity index is 645. The van der Waals surface area contributed by atoms with Crippen LogP contribution < -0.4 is 15.4 Å². The molecule has 7 nitrogen and oxygen atoms in total. The first-order valence-corrected chi connectivity index (χ1v) is 8.92. The van der Waals surface area contributed by atoms with Gasteiger partial charge < -0.3 is 15.4 Å². The van der Waals surface area contributed by atoms with Gasteiger partial charge in [0, 0.05) is 19.0 Å². The Hall–Kier alpha value is -1.35. The number of hydrogen-bond donors (Lipinski definition) is 3. The van der Waals surface area contributed by atoms with Crippen LogP contribution in [0.5, 0.6) is 0 Å². The summed E-state index contributed by atoms with van der Waals surface area (Å²) >= 11 is 0. The average molecular weight is 364 g/mol. The minimum Gasteiger partial charge on any atom is -0.378 e. The second-order valence-electron chi connectivity index (χ2n) is 5.40. The van der Waals surface area contributed by atoms with E-state index in [1.165, 1.54) is 0 Å². The summed E-state index contributed by atoms with van der Waals surface area (Å²) in [6.45, 7) is 3.74. The van der Waals surface area contributed by atoms with Gasteiger partial charge in [0.2, 0.25) is 15.9 Å². The van der Waals surface area contributed by atoms with E-state index in [1.807, 2.05) is 6.92 Å². The van der Waals surface area contributed by atoms with Crippen LogP contribution in [0.25, 0.3) is 0 Å². The van der Waals surface area contributed by atoms with E-state index in [4.69, 9.17) is 4.74 Å². The van der Waals surface area contributed by atoms with Crippen molar-refractivity contribution in [3.8, 4) is 0 Å². The lowest BCUT2D eigenvalue weighted by molar-refractivity contribution is -0.117. The quantitative estimate of drug-likeness (QED) is 0.728. The van der Waals surface area contributed by atoms with Crippen molar-refractivity contribution in [2.45, 2.75) is 19.4 Å². The van der Waals surface area contributed by atoms with Crippen LogP contribution >= 0.6 is 12.4 Å². The second-order valence-corrected chi connectivity index (χ2v) is 7.15. The Balaban J connectivity index is 0.00000264. The number of morpholine rings is 1. The molecule has 1 fully saturated rings. The number of amides is 1. The van der Waals surface area contributed by atoms with Gasteiger partial charge in [-0.05, 0) is 24.6 Å². The number of anilines is 2. The summed E-state index contributed by atoms with van der Waals surface area (Å²) in [5.41, 5.74) is 1.73. The highest BCUT2D eigenvalue weighted by Gasteiger charge is 2.18. The number of benzene rings is 1. The maximum absolute atomic E-state index is 12.1. The number of nitrogens with one attached hydrogen (secondary N) is 3. The Morgan fingerprint density at radius 2 is 2.13 bits per heavy atom. The number of aryl methyl sites for hydroxylation is 1. The number of halogens is 1. The molecule has 1 aliphatic rings. The first-order chi connectivity index (χ1) is 10.3. The summed E-state index contributed by atoms with van der Waals surface area (Å²) in [5.74, 6) is -0.190. The minimum atomic E-state index is -3.41. The highest BCUT2D eigenvalue weighted by atomic mass is 35.5. The summed E-state index contributed by atoms with van der Waals surface area (Å²) in [4.78, 5) is 12.1. The molecule has 0 bridgehead atoms. The van der Waals surface area contributed by atoms with Crippen molar-refractivity contribution >= 4 is 39.7 Å². The molecule has 0 spiro atoms. The van der Waals surface area contributed by atoms with Crippen LogP contribution in [0.2, 0.25) is 0 Å². The van der Waals surface area contributed by atoms with E-state index >= 15 is 0 Å². The second kappa shape index (κ2) is 8.49. The van der Waals surface area contributed by atoms with E-state index in [2.05, 4.69) is 15.4 Å². The molecule has 1 unspecified atom stereocenters. The third kappa shape index (κ3) is 6.74. The first kappa shape index (κ1) is 19.7. The molecule has 0 aromatic heterocycles. The van der Waals surface area contributed by atoms with Gasteiger partial charge in [-0.3, -0.25) is 9.52 Å². The molecule has 2 rings (SSSR count). The minimum absolute atomic E-state index is 0. The van der Waals surface area contributed by atoms with Crippen molar-refractivity contribution in [1.82, 2.24) is 5.32 Å². The molecular formula is C14H22ClN3O4S. The topological polar surface area (TPSA) is 96.5 Å². The molecule has 1 amide bonds. The van der Waals surface area contributed by atoms with E-state index in [9.17, 15) is 13.2 Å².